The van der Waals surface area contributed by atoms with Crippen LogP contribution in [0, 0.1) is 5.82 Å². The standard InChI is InChI=1S/C18H15FN4O2.C11H11N3O/c19-12-1-3-13(4-2-12)22-18(24)23-14-5-7-15(8-6-14)25-16-9-10-21-17(20)11-16;12-8-1-3-9(4-2-8)15-10-5-6-14-11(13)7-10/h1-11H,(H2,20,21)(H2,22,23,24);1-7H,12H2,(H2,13,14). The van der Waals surface area contributed by atoms with Crippen molar-refractivity contribution in [3.63, 3.8) is 0 Å². The number of halogens is 1. The van der Waals surface area contributed by atoms with Crippen LogP contribution in [0.5, 0.6) is 23.0 Å². The van der Waals surface area contributed by atoms with E-state index in [2.05, 4.69) is 20.6 Å². The van der Waals surface area contributed by atoms with Gasteiger partial charge >= 0.3 is 6.03 Å². The second-order valence-electron chi connectivity index (χ2n) is 8.22. The second kappa shape index (κ2) is 13.1. The Hall–Kier alpha value is -5.84. The van der Waals surface area contributed by atoms with Crippen LogP contribution in [0.3, 0.4) is 0 Å². The Morgan fingerprint density at radius 3 is 1.48 bits per heavy atom. The van der Waals surface area contributed by atoms with Crippen LogP contribution in [0.15, 0.2) is 109 Å². The lowest BCUT2D eigenvalue weighted by Crippen LogP contribution is -2.19. The largest absolute Gasteiger partial charge is 0.457 e. The van der Waals surface area contributed by atoms with Gasteiger partial charge in [0.05, 0.1) is 0 Å². The number of nitrogen functional groups attached to an aromatic ring is 3. The number of anilines is 5. The van der Waals surface area contributed by atoms with Crippen molar-refractivity contribution in [3.8, 4) is 23.0 Å². The number of nitrogens with two attached hydrogens (primary N) is 3. The summed E-state index contributed by atoms with van der Waals surface area (Å²) in [5, 5.41) is 5.29. The quantitative estimate of drug-likeness (QED) is 0.157. The number of hydrogen-bond acceptors (Lipinski definition) is 8. The normalized spacial score (nSPS) is 10.0. The molecule has 0 aliphatic rings. The van der Waals surface area contributed by atoms with E-state index < -0.39 is 6.03 Å². The molecule has 3 aromatic carbocycles. The molecule has 0 unspecified atom stereocenters. The number of hydrogen-bond donors (Lipinski definition) is 5. The second-order valence-corrected chi connectivity index (χ2v) is 8.22. The van der Waals surface area contributed by atoms with E-state index >= 15 is 0 Å². The van der Waals surface area contributed by atoms with Crippen LogP contribution in [0.25, 0.3) is 0 Å². The van der Waals surface area contributed by atoms with Crippen molar-refractivity contribution in [3.05, 3.63) is 115 Å². The molecule has 0 aliphatic carbocycles. The summed E-state index contributed by atoms with van der Waals surface area (Å²) in [6.07, 6.45) is 3.16. The molecular weight excluding hydrogens is 513 g/mol. The van der Waals surface area contributed by atoms with E-state index in [1.54, 1.807) is 85.2 Å². The van der Waals surface area contributed by atoms with Gasteiger partial charge in [0.25, 0.3) is 0 Å². The molecule has 5 aromatic rings. The molecule has 2 aromatic heterocycles. The lowest BCUT2D eigenvalue weighted by Gasteiger charge is -2.09. The monoisotopic (exact) mass is 539 g/mol. The number of nitrogens with zero attached hydrogens (tertiary/aromatic N) is 2. The average Bonchev–Trinajstić information content (AvgIpc) is 2.93. The molecule has 2 amide bonds. The lowest BCUT2D eigenvalue weighted by molar-refractivity contribution is 0.262. The first kappa shape index (κ1) is 27.2. The minimum Gasteiger partial charge on any atom is -0.457 e. The van der Waals surface area contributed by atoms with Gasteiger partial charge in [-0.1, -0.05) is 0 Å². The SMILES string of the molecule is Nc1cc(Oc2ccc(NC(=O)Nc3ccc(F)cc3)cc2)ccn1.Nc1ccc(Oc2ccnc(N)c2)cc1. The third kappa shape index (κ3) is 8.63. The van der Waals surface area contributed by atoms with Crippen LogP contribution in [0.4, 0.5) is 37.9 Å². The highest BCUT2D eigenvalue weighted by molar-refractivity contribution is 5.99. The molecule has 0 spiro atoms. The Bertz CT molecular complexity index is 1550. The fourth-order valence-electron chi connectivity index (χ4n) is 3.22. The molecule has 8 N–H and O–H groups in total. The van der Waals surface area contributed by atoms with E-state index in [-0.39, 0.29) is 5.82 Å². The number of rotatable bonds is 6. The summed E-state index contributed by atoms with van der Waals surface area (Å²) in [7, 11) is 0. The van der Waals surface area contributed by atoms with Crippen LogP contribution in [-0.2, 0) is 0 Å². The molecule has 0 bridgehead atoms. The maximum absolute atomic E-state index is 12.8. The molecule has 0 atom stereocenters. The third-order valence-corrected chi connectivity index (χ3v) is 5.07. The molecule has 0 saturated carbocycles. The van der Waals surface area contributed by atoms with Gasteiger partial charge in [0.15, 0.2) is 0 Å². The molecule has 10 nitrogen and oxygen atoms in total. The van der Waals surface area contributed by atoms with Crippen LogP contribution in [-0.4, -0.2) is 16.0 Å². The Morgan fingerprint density at radius 2 is 1.02 bits per heavy atom. The molecule has 0 radical (unpaired) electrons. The molecule has 40 heavy (non-hydrogen) atoms. The summed E-state index contributed by atoms with van der Waals surface area (Å²) >= 11 is 0. The van der Waals surface area contributed by atoms with Crippen LogP contribution in [0.2, 0.25) is 0 Å². The van der Waals surface area contributed by atoms with Crippen LogP contribution in [0.1, 0.15) is 0 Å². The van der Waals surface area contributed by atoms with Gasteiger partial charge in [0.2, 0.25) is 0 Å². The van der Waals surface area contributed by atoms with Gasteiger partial charge in [-0.25, -0.2) is 19.2 Å². The Morgan fingerprint density at radius 1 is 0.600 bits per heavy atom. The zero-order valence-corrected chi connectivity index (χ0v) is 21.1. The molecule has 0 fully saturated rings. The van der Waals surface area contributed by atoms with E-state index in [4.69, 9.17) is 26.7 Å². The first-order valence-corrected chi connectivity index (χ1v) is 11.9. The number of urea groups is 1. The summed E-state index contributed by atoms with van der Waals surface area (Å²) in [5.74, 6) is 2.98. The average molecular weight is 540 g/mol. The van der Waals surface area contributed by atoms with Crippen molar-refractivity contribution >= 4 is 34.7 Å². The Kier molecular flexibility index (Phi) is 8.91. The van der Waals surface area contributed by atoms with Crippen LogP contribution < -0.4 is 37.3 Å². The summed E-state index contributed by atoms with van der Waals surface area (Å²) in [5.41, 5.74) is 18.5. The maximum Gasteiger partial charge on any atom is 0.323 e. The summed E-state index contributed by atoms with van der Waals surface area (Å²) in [4.78, 5) is 19.7. The Balaban J connectivity index is 0.000000210. The number of pyridine rings is 2. The van der Waals surface area contributed by atoms with Gasteiger partial charge in [-0.2, -0.15) is 0 Å². The Labute approximate surface area is 229 Å². The predicted molar refractivity (Wildman–Crippen MR) is 154 cm³/mol. The number of aromatic nitrogens is 2. The van der Waals surface area contributed by atoms with Crippen molar-refractivity contribution < 1.29 is 18.7 Å². The van der Waals surface area contributed by atoms with Gasteiger partial charge in [-0.05, 0) is 84.9 Å². The van der Waals surface area contributed by atoms with Gasteiger partial charge in [0, 0.05) is 41.6 Å². The van der Waals surface area contributed by atoms with E-state index in [1.807, 2.05) is 0 Å². The molecule has 0 saturated heterocycles. The van der Waals surface area contributed by atoms with E-state index in [0.717, 1.165) is 5.75 Å². The van der Waals surface area contributed by atoms with Crippen LogP contribution >= 0.6 is 0 Å². The summed E-state index contributed by atoms with van der Waals surface area (Å²) in [6.45, 7) is 0. The first-order chi connectivity index (χ1) is 19.3. The minimum atomic E-state index is -0.429. The fraction of sp³-hybridized carbons (Fsp3) is 0. The van der Waals surface area contributed by atoms with Crippen molar-refractivity contribution in [2.75, 3.05) is 27.8 Å². The number of amides is 2. The predicted octanol–water partition coefficient (Wildman–Crippen LogP) is 6.28. The molecule has 202 valence electrons. The van der Waals surface area contributed by atoms with Crippen molar-refractivity contribution in [2.45, 2.75) is 0 Å². The number of carbonyl (C=O) groups excluding carboxylic acids is 1. The highest BCUT2D eigenvalue weighted by Crippen LogP contribution is 2.24. The van der Waals surface area contributed by atoms with E-state index in [1.165, 1.54) is 24.3 Å². The van der Waals surface area contributed by atoms with Gasteiger partial charge in [0.1, 0.15) is 40.5 Å². The van der Waals surface area contributed by atoms with Crippen molar-refractivity contribution in [2.24, 2.45) is 0 Å². The lowest BCUT2D eigenvalue weighted by atomic mass is 10.3. The third-order valence-electron chi connectivity index (χ3n) is 5.07. The van der Waals surface area contributed by atoms with E-state index in [0.29, 0.717) is 45.9 Å². The highest BCUT2D eigenvalue weighted by Gasteiger charge is 2.04. The number of carbonyl (C=O) groups is 1. The number of benzene rings is 3. The maximum atomic E-state index is 12.8. The summed E-state index contributed by atoms with van der Waals surface area (Å²) < 4.78 is 24.0. The molecular formula is C29H26FN7O3. The molecule has 2 heterocycles. The zero-order valence-electron chi connectivity index (χ0n) is 21.1. The van der Waals surface area contributed by atoms with Gasteiger partial charge in [-0.3, -0.25) is 0 Å². The summed E-state index contributed by atoms with van der Waals surface area (Å²) in [6, 6.07) is 25.8. The molecule has 0 aliphatic heterocycles. The van der Waals surface area contributed by atoms with Gasteiger partial charge < -0.3 is 37.3 Å². The number of nitrogens with one attached hydrogen (secondary N) is 2. The fourth-order valence-corrected chi connectivity index (χ4v) is 3.22. The van der Waals surface area contributed by atoms with Crippen molar-refractivity contribution in [1.29, 1.82) is 0 Å². The number of ether oxygens (including phenoxy) is 2. The minimum absolute atomic E-state index is 0.363. The first-order valence-electron chi connectivity index (χ1n) is 11.9. The smallest absolute Gasteiger partial charge is 0.323 e. The molecule has 5 rings (SSSR count). The van der Waals surface area contributed by atoms with Gasteiger partial charge in [-0.15, -0.1) is 0 Å². The molecule has 11 heteroatoms. The highest BCUT2D eigenvalue weighted by atomic mass is 19.1. The van der Waals surface area contributed by atoms with E-state index in [9.17, 15) is 9.18 Å². The topological polar surface area (TPSA) is 163 Å². The zero-order chi connectivity index (χ0) is 28.3. The van der Waals surface area contributed by atoms with Crippen molar-refractivity contribution in [1.82, 2.24) is 9.97 Å².